The van der Waals surface area contributed by atoms with Crippen LogP contribution in [0.5, 0.6) is 0 Å². The Bertz CT molecular complexity index is 1080. The van der Waals surface area contributed by atoms with Crippen LogP contribution in [0.3, 0.4) is 0 Å². The van der Waals surface area contributed by atoms with Crippen molar-refractivity contribution in [3.8, 4) is 0 Å². The van der Waals surface area contributed by atoms with Gasteiger partial charge in [0, 0.05) is 34.8 Å². The summed E-state index contributed by atoms with van der Waals surface area (Å²) in [6.45, 7) is 3.92. The van der Waals surface area contributed by atoms with E-state index in [2.05, 4.69) is 90.7 Å². The largest absolute Gasteiger partial charge is 0.299 e. The molecule has 10 heteroatoms. The van der Waals surface area contributed by atoms with Crippen molar-refractivity contribution in [2.24, 2.45) is 11.8 Å². The topological polar surface area (TPSA) is 68.3 Å². The second-order valence-electron chi connectivity index (χ2n) is 9.18. The van der Waals surface area contributed by atoms with E-state index in [1.165, 1.54) is 11.3 Å². The molecule has 39 heavy (non-hydrogen) atoms. The van der Waals surface area contributed by atoms with Crippen LogP contribution >= 0.6 is 87.1 Å². The Hall–Kier alpha value is 0.620. The van der Waals surface area contributed by atoms with Crippen molar-refractivity contribution in [3.63, 3.8) is 0 Å². The van der Waals surface area contributed by atoms with Crippen LogP contribution in [-0.4, -0.2) is 31.7 Å². The normalized spacial score (nSPS) is 22.7. The molecule has 0 N–H and O–H groups in total. The van der Waals surface area contributed by atoms with Crippen molar-refractivity contribution in [3.05, 3.63) is 60.7 Å². The molecule has 4 atom stereocenters. The molecule has 0 saturated heterocycles. The van der Waals surface area contributed by atoms with Gasteiger partial charge in [0.25, 0.3) is 0 Å². The Balaban J connectivity index is 0.000000609. The average molecular weight is 931 g/mol. The fourth-order valence-electron chi connectivity index (χ4n) is 4.11. The van der Waals surface area contributed by atoms with Crippen molar-refractivity contribution < 1.29 is 18.0 Å². The Morgan fingerprint density at radius 2 is 1.23 bits per heavy atom. The van der Waals surface area contributed by atoms with E-state index in [-0.39, 0.29) is 38.9 Å². The number of alkyl halides is 2. The number of thioether (sulfide) groups is 1. The summed E-state index contributed by atoms with van der Waals surface area (Å²) in [5, 5.41) is -0.0373. The highest BCUT2D eigenvalue weighted by molar-refractivity contribution is 14.2. The SMILES string of the molecule is C.C.C[C@@H]1CC[C@@H](S(=O)(=O)c2ccccc2)CC1=O.C[C@@H]1CC[C@@H](Sc2ccccc2)CC1=O.ISC(I)I. The molecule has 0 spiro atoms. The zero-order valence-corrected chi connectivity index (χ0v) is 29.8. The van der Waals surface area contributed by atoms with Crippen molar-refractivity contribution >= 4 is 108 Å². The number of halogens is 3. The Morgan fingerprint density at radius 1 is 0.769 bits per heavy atom. The van der Waals surface area contributed by atoms with Gasteiger partial charge < -0.3 is 0 Å². The van der Waals surface area contributed by atoms with Crippen LogP contribution in [0.1, 0.15) is 67.2 Å². The lowest BCUT2D eigenvalue weighted by atomic mass is 9.89. The quantitative estimate of drug-likeness (QED) is 0.220. The zero-order chi connectivity index (χ0) is 27.4. The van der Waals surface area contributed by atoms with Crippen LogP contribution in [0.25, 0.3) is 0 Å². The molecule has 0 aromatic heterocycles. The highest BCUT2D eigenvalue weighted by atomic mass is 127. The summed E-state index contributed by atoms with van der Waals surface area (Å²) in [5.74, 6) is 0.810. The van der Waals surface area contributed by atoms with Crippen LogP contribution < -0.4 is 0 Å². The van der Waals surface area contributed by atoms with Crippen LogP contribution in [0, 0.1) is 11.8 Å². The molecule has 0 radical (unpaired) electrons. The van der Waals surface area contributed by atoms with Gasteiger partial charge in [-0.15, -0.1) is 11.8 Å². The van der Waals surface area contributed by atoms with Crippen molar-refractivity contribution in [2.45, 2.75) is 88.8 Å². The number of hydrogen-bond acceptors (Lipinski definition) is 6. The van der Waals surface area contributed by atoms with Crippen LogP contribution in [0.4, 0.5) is 0 Å². The molecule has 2 fully saturated rings. The van der Waals surface area contributed by atoms with E-state index in [0.29, 0.717) is 28.8 Å². The third kappa shape index (κ3) is 14.1. The van der Waals surface area contributed by atoms with Gasteiger partial charge in [-0.25, -0.2) is 8.42 Å². The molecule has 0 unspecified atom stereocenters. The predicted molar refractivity (Wildman–Crippen MR) is 196 cm³/mol. The number of hydrogen-bond donors (Lipinski definition) is 0. The van der Waals surface area contributed by atoms with E-state index in [4.69, 9.17) is 0 Å². The van der Waals surface area contributed by atoms with Crippen molar-refractivity contribution in [1.29, 1.82) is 0 Å². The van der Waals surface area contributed by atoms with Crippen molar-refractivity contribution in [2.75, 3.05) is 0 Å². The molecule has 0 bridgehead atoms. The monoisotopic (exact) mass is 930 g/mol. The van der Waals surface area contributed by atoms with Gasteiger partial charge >= 0.3 is 0 Å². The molecule has 2 aromatic rings. The van der Waals surface area contributed by atoms with E-state index in [1.807, 2.05) is 40.6 Å². The average Bonchev–Trinajstić information content (AvgIpc) is 2.89. The fourth-order valence-corrected chi connectivity index (χ4v) is 7.06. The maximum absolute atomic E-state index is 12.3. The van der Waals surface area contributed by atoms with Gasteiger partial charge in [0.1, 0.15) is 12.8 Å². The molecule has 2 aliphatic rings. The molecule has 220 valence electrons. The third-order valence-corrected chi connectivity index (χ3v) is 18.9. The zero-order valence-electron chi connectivity index (χ0n) is 20.9. The first-order valence-corrected chi connectivity index (χ1v) is 20.5. The molecule has 2 aromatic carbocycles. The smallest absolute Gasteiger partial charge is 0.181 e. The standard InChI is InChI=1S/C13H16O3S.C13H16OS.CHI3S.2CH4/c1-10-7-8-12(9-13(10)14)17(15,16)11-5-3-2-4-6-11;1-10-7-8-12(9-13(10)14)15-11-5-3-2-4-6-11;2-1(3)5-4;;/h2-6,10,12H,7-9H2,1H3;2-6,10,12H,7-9H2,1H3;1H;2*1H4/t2*10-,12-;;;/m11.../s1. The minimum atomic E-state index is -3.34. The van der Waals surface area contributed by atoms with Gasteiger partial charge in [-0.05, 0) is 71.2 Å². The number of Topliss-reactive ketones (excluding diaryl/α,β-unsaturated/α-hetero) is 2. The van der Waals surface area contributed by atoms with Crippen LogP contribution in [0.15, 0.2) is 70.5 Å². The van der Waals surface area contributed by atoms with Gasteiger partial charge in [-0.2, -0.15) is 0 Å². The van der Waals surface area contributed by atoms with Gasteiger partial charge in [0.2, 0.25) is 0 Å². The second kappa shape index (κ2) is 20.5. The first kappa shape index (κ1) is 39.6. The maximum Gasteiger partial charge on any atom is 0.181 e. The molecular formula is C29H41I3O4S3. The molecule has 4 rings (SSSR count). The molecule has 0 heterocycles. The van der Waals surface area contributed by atoms with Gasteiger partial charge in [0.05, 0.1) is 10.1 Å². The highest BCUT2D eigenvalue weighted by Crippen LogP contribution is 2.34. The number of rotatable bonds is 5. The van der Waals surface area contributed by atoms with E-state index in [0.717, 1.165) is 14.1 Å². The Morgan fingerprint density at radius 3 is 1.69 bits per heavy atom. The van der Waals surface area contributed by atoms with Crippen LogP contribution in [0.2, 0.25) is 0 Å². The maximum atomic E-state index is 12.3. The summed E-state index contributed by atoms with van der Waals surface area (Å²) in [7, 11) is -1.52. The lowest BCUT2D eigenvalue weighted by Crippen LogP contribution is -2.32. The van der Waals surface area contributed by atoms with E-state index in [9.17, 15) is 18.0 Å². The van der Waals surface area contributed by atoms with Gasteiger partial charge in [-0.3, -0.25) is 9.59 Å². The predicted octanol–water partition coefficient (Wildman–Crippen LogP) is 10.2. The van der Waals surface area contributed by atoms with Crippen molar-refractivity contribution in [1.82, 2.24) is 0 Å². The molecule has 2 saturated carbocycles. The first-order chi connectivity index (χ1) is 17.5. The number of carbonyl (C=O) groups excluding carboxylic acids is 2. The minimum Gasteiger partial charge on any atom is -0.299 e. The molecule has 0 amide bonds. The summed E-state index contributed by atoms with van der Waals surface area (Å²) in [4.78, 5) is 24.8. The summed E-state index contributed by atoms with van der Waals surface area (Å²) in [6.07, 6.45) is 4.41. The molecule has 0 aliphatic heterocycles. The summed E-state index contributed by atoms with van der Waals surface area (Å²) < 4.78 is 25.3. The van der Waals surface area contributed by atoms with Crippen LogP contribution in [-0.2, 0) is 19.4 Å². The fraction of sp³-hybridized carbons (Fsp3) is 0.517. The van der Waals surface area contributed by atoms with Gasteiger partial charge in [-0.1, -0.05) is 119 Å². The van der Waals surface area contributed by atoms with Gasteiger partial charge in [0.15, 0.2) is 9.84 Å². The molecule has 2 aliphatic carbocycles. The lowest BCUT2D eigenvalue weighted by molar-refractivity contribution is -0.124. The molecule has 4 nitrogen and oxygen atoms in total. The third-order valence-electron chi connectivity index (χ3n) is 6.42. The summed E-state index contributed by atoms with van der Waals surface area (Å²) >= 11 is 8.83. The Labute approximate surface area is 284 Å². The minimum absolute atomic E-state index is 0. The molecular weight excluding hydrogens is 889 g/mol. The van der Waals surface area contributed by atoms with E-state index < -0.39 is 15.1 Å². The Kier molecular flexibility index (Phi) is 20.8. The number of carbonyl (C=O) groups is 2. The number of ketones is 2. The number of sulfone groups is 1. The highest BCUT2D eigenvalue weighted by Gasteiger charge is 2.34. The number of benzene rings is 2. The summed E-state index contributed by atoms with van der Waals surface area (Å²) in [6, 6.07) is 18.8. The lowest BCUT2D eigenvalue weighted by Gasteiger charge is -2.24. The van der Waals surface area contributed by atoms with E-state index >= 15 is 0 Å². The van der Waals surface area contributed by atoms with E-state index in [1.54, 1.807) is 30.3 Å². The summed E-state index contributed by atoms with van der Waals surface area (Å²) in [5.41, 5.74) is 0. The second-order valence-corrected chi connectivity index (χ2v) is 21.5. The first-order valence-electron chi connectivity index (χ1n) is 12.2.